The Morgan fingerprint density at radius 3 is 1.25 bits per heavy atom. The maximum absolute atomic E-state index is 6.57. The molecule has 0 aromatic rings. The number of rotatable bonds is 18. The van der Waals surface area contributed by atoms with E-state index in [2.05, 4.69) is 126 Å². The molecule has 0 N–H and O–H groups in total. The van der Waals surface area contributed by atoms with Gasteiger partial charge in [0, 0.05) is 112 Å². The first-order valence-electron chi connectivity index (χ1n) is 21.4. The standard InChI is InChI=1S/C43H84N6O2/c1-33(2)34(3)50-25-23-44-19-21-45(22-20-44)24-26-51-43(13,14)18-17-42(11,12)49-32-37-28-38(49)31-48(37)41(9,10)16-15-40(7,8)47-30-35-27-36(47)29-46(35)39(4,5)6/h33-38H,15-32H2,1-14H3/t34-,35+,36+,37-,38-/m1/s1. The summed E-state index contributed by atoms with van der Waals surface area (Å²) in [6.45, 7) is 46.9. The molecule has 0 radical (unpaired) electrons. The first-order valence-corrected chi connectivity index (χ1v) is 21.4. The van der Waals surface area contributed by atoms with Crippen LogP contribution in [0.25, 0.3) is 0 Å². The summed E-state index contributed by atoms with van der Waals surface area (Å²) in [5.74, 6) is 0.584. The predicted molar refractivity (Wildman–Crippen MR) is 215 cm³/mol. The van der Waals surface area contributed by atoms with E-state index >= 15 is 0 Å². The zero-order chi connectivity index (χ0) is 37.6. The van der Waals surface area contributed by atoms with Gasteiger partial charge in [0.15, 0.2) is 0 Å². The van der Waals surface area contributed by atoms with Gasteiger partial charge in [0.25, 0.3) is 0 Å². The van der Waals surface area contributed by atoms with Gasteiger partial charge in [-0.2, -0.15) is 0 Å². The lowest BCUT2D eigenvalue weighted by Gasteiger charge is -2.51. The lowest BCUT2D eigenvalue weighted by molar-refractivity contribution is -0.0525. The van der Waals surface area contributed by atoms with Gasteiger partial charge in [-0.25, -0.2) is 0 Å². The van der Waals surface area contributed by atoms with E-state index in [4.69, 9.17) is 9.47 Å². The molecule has 5 rings (SSSR count). The second-order valence-electron chi connectivity index (χ2n) is 21.4. The van der Waals surface area contributed by atoms with Gasteiger partial charge in [-0.1, -0.05) is 13.8 Å². The summed E-state index contributed by atoms with van der Waals surface area (Å²) in [5, 5.41) is 0. The Labute approximate surface area is 316 Å². The van der Waals surface area contributed by atoms with Crippen LogP contribution in [0.3, 0.4) is 0 Å². The first-order chi connectivity index (χ1) is 23.6. The van der Waals surface area contributed by atoms with Crippen molar-refractivity contribution >= 4 is 0 Å². The molecule has 8 heteroatoms. The van der Waals surface area contributed by atoms with Crippen molar-refractivity contribution in [2.24, 2.45) is 5.92 Å². The number of piperazine rings is 3. The summed E-state index contributed by atoms with van der Waals surface area (Å²) in [7, 11) is 0. The average molecular weight is 717 g/mol. The van der Waals surface area contributed by atoms with Gasteiger partial charge in [-0.15, -0.1) is 0 Å². The minimum atomic E-state index is -0.0943. The van der Waals surface area contributed by atoms with Crippen LogP contribution in [-0.2, 0) is 9.47 Å². The molecule has 0 aliphatic carbocycles. The van der Waals surface area contributed by atoms with Gasteiger partial charge in [0.1, 0.15) is 0 Å². The van der Waals surface area contributed by atoms with Crippen molar-refractivity contribution in [1.82, 2.24) is 29.4 Å². The van der Waals surface area contributed by atoms with Crippen molar-refractivity contribution in [2.45, 2.75) is 193 Å². The predicted octanol–water partition coefficient (Wildman–Crippen LogP) is 6.67. The fourth-order valence-electron chi connectivity index (χ4n) is 10.3. The third-order valence-corrected chi connectivity index (χ3v) is 14.5. The van der Waals surface area contributed by atoms with Crippen LogP contribution < -0.4 is 0 Å². The third-order valence-electron chi connectivity index (χ3n) is 14.5. The summed E-state index contributed by atoms with van der Waals surface area (Å²) in [4.78, 5) is 16.6. The van der Waals surface area contributed by atoms with Crippen molar-refractivity contribution in [3.05, 3.63) is 0 Å². The summed E-state index contributed by atoms with van der Waals surface area (Å²) >= 11 is 0. The summed E-state index contributed by atoms with van der Waals surface area (Å²) in [6, 6.07) is 2.85. The highest BCUT2D eigenvalue weighted by atomic mass is 16.5. The molecule has 0 saturated carbocycles. The van der Waals surface area contributed by atoms with Crippen molar-refractivity contribution in [3.8, 4) is 0 Å². The number of nitrogens with zero attached hydrogens (tertiary/aromatic N) is 6. The quantitative estimate of drug-likeness (QED) is 0.156. The van der Waals surface area contributed by atoms with E-state index in [1.54, 1.807) is 0 Å². The SMILES string of the molecule is CC(C)[C@@H](C)OCCN1CCN(CCOC(C)(C)CCC(C)(C)N2C[C@H]3C[C@@H]2CN3C(C)(C)CCC(C)(C)N2C[C@@H]3C[C@H]2CN3C(C)(C)C)CC1. The molecule has 5 heterocycles. The van der Waals surface area contributed by atoms with Crippen molar-refractivity contribution < 1.29 is 9.47 Å². The van der Waals surface area contributed by atoms with Gasteiger partial charge in [-0.3, -0.25) is 29.4 Å². The molecule has 51 heavy (non-hydrogen) atoms. The Balaban J connectivity index is 0.996. The molecule has 8 nitrogen and oxygen atoms in total. The van der Waals surface area contributed by atoms with Gasteiger partial charge < -0.3 is 9.47 Å². The molecule has 5 fully saturated rings. The Bertz CT molecular complexity index is 1110. The smallest absolute Gasteiger partial charge is 0.0627 e. The summed E-state index contributed by atoms with van der Waals surface area (Å²) < 4.78 is 12.6. The van der Waals surface area contributed by atoms with Gasteiger partial charge in [0.05, 0.1) is 24.9 Å². The summed E-state index contributed by atoms with van der Waals surface area (Å²) in [6.07, 6.45) is 7.88. The Morgan fingerprint density at radius 1 is 0.510 bits per heavy atom. The molecule has 0 amide bonds. The molecule has 0 unspecified atom stereocenters. The van der Waals surface area contributed by atoms with Crippen LogP contribution in [0.5, 0.6) is 0 Å². The maximum Gasteiger partial charge on any atom is 0.0627 e. The molecule has 5 aliphatic heterocycles. The maximum atomic E-state index is 6.57. The Morgan fingerprint density at radius 2 is 0.882 bits per heavy atom. The molecular formula is C43H84N6O2. The normalized spacial score (nSPS) is 29.0. The van der Waals surface area contributed by atoms with Crippen molar-refractivity contribution in [2.75, 3.05) is 78.7 Å². The molecule has 5 aliphatic rings. The zero-order valence-corrected chi connectivity index (χ0v) is 36.2. The Kier molecular flexibility index (Phi) is 13.2. The molecule has 0 spiro atoms. The summed E-state index contributed by atoms with van der Waals surface area (Å²) in [5.41, 5.74) is 0.896. The minimum absolute atomic E-state index is 0.0943. The molecule has 5 saturated heterocycles. The van der Waals surface area contributed by atoms with E-state index in [1.165, 1.54) is 58.3 Å². The lowest BCUT2D eigenvalue weighted by Crippen LogP contribution is -2.60. The minimum Gasteiger partial charge on any atom is -0.377 e. The molecule has 5 atom stereocenters. The van der Waals surface area contributed by atoms with E-state index in [0.29, 0.717) is 24.1 Å². The van der Waals surface area contributed by atoms with E-state index in [-0.39, 0.29) is 27.8 Å². The van der Waals surface area contributed by atoms with Crippen LogP contribution >= 0.6 is 0 Å². The zero-order valence-electron chi connectivity index (χ0n) is 36.2. The largest absolute Gasteiger partial charge is 0.377 e. The number of hydrogen-bond donors (Lipinski definition) is 0. The van der Waals surface area contributed by atoms with Crippen LogP contribution in [0.15, 0.2) is 0 Å². The van der Waals surface area contributed by atoms with Crippen LogP contribution in [0.4, 0.5) is 0 Å². The van der Waals surface area contributed by atoms with E-state index in [9.17, 15) is 0 Å². The van der Waals surface area contributed by atoms with Gasteiger partial charge in [0.2, 0.25) is 0 Å². The van der Waals surface area contributed by atoms with Crippen molar-refractivity contribution in [1.29, 1.82) is 0 Å². The monoisotopic (exact) mass is 717 g/mol. The van der Waals surface area contributed by atoms with Gasteiger partial charge in [-0.05, 0) is 128 Å². The van der Waals surface area contributed by atoms with E-state index in [0.717, 1.165) is 71.0 Å². The van der Waals surface area contributed by atoms with Gasteiger partial charge >= 0.3 is 0 Å². The lowest BCUT2D eigenvalue weighted by atomic mass is 9.85. The Hall–Kier alpha value is -0.320. The highest BCUT2D eigenvalue weighted by molar-refractivity contribution is 5.10. The molecule has 0 aromatic heterocycles. The fourth-order valence-corrected chi connectivity index (χ4v) is 10.3. The highest BCUT2D eigenvalue weighted by Gasteiger charge is 2.53. The van der Waals surface area contributed by atoms with Crippen molar-refractivity contribution in [3.63, 3.8) is 0 Å². The van der Waals surface area contributed by atoms with Crippen LogP contribution in [0.1, 0.15) is 135 Å². The highest BCUT2D eigenvalue weighted by Crippen LogP contribution is 2.44. The van der Waals surface area contributed by atoms with Crippen LogP contribution in [-0.4, -0.2) is 166 Å². The molecule has 0 aromatic carbocycles. The number of ether oxygens (including phenoxy) is 2. The molecule has 4 bridgehead atoms. The topological polar surface area (TPSA) is 37.9 Å². The second-order valence-corrected chi connectivity index (χ2v) is 21.4. The van der Waals surface area contributed by atoms with E-state index in [1.807, 2.05) is 0 Å². The fraction of sp³-hybridized carbons (Fsp3) is 1.00. The van der Waals surface area contributed by atoms with Crippen LogP contribution in [0.2, 0.25) is 0 Å². The number of likely N-dealkylation sites (tertiary alicyclic amines) is 4. The van der Waals surface area contributed by atoms with E-state index < -0.39 is 0 Å². The average Bonchev–Trinajstić information content (AvgIpc) is 3.85. The second kappa shape index (κ2) is 16.0. The third kappa shape index (κ3) is 10.3. The first kappa shape index (κ1) is 41.8. The number of fused-ring (bicyclic) bond motifs is 4. The molecule has 298 valence electrons. The molecular weight excluding hydrogens is 633 g/mol. The van der Waals surface area contributed by atoms with Crippen LogP contribution in [0, 0.1) is 5.92 Å². The number of hydrogen-bond acceptors (Lipinski definition) is 8.